The lowest BCUT2D eigenvalue weighted by molar-refractivity contribution is -0.132. The van der Waals surface area contributed by atoms with Gasteiger partial charge in [-0.15, -0.1) is 11.8 Å². The van der Waals surface area contributed by atoms with Crippen molar-refractivity contribution in [3.63, 3.8) is 0 Å². The second-order valence-electron chi connectivity index (χ2n) is 7.29. The summed E-state index contributed by atoms with van der Waals surface area (Å²) < 4.78 is 19.4. The summed E-state index contributed by atoms with van der Waals surface area (Å²) in [4.78, 5) is 19.3. The first-order valence-corrected chi connectivity index (χ1v) is 11.0. The van der Waals surface area contributed by atoms with Gasteiger partial charge < -0.3 is 14.5 Å². The third kappa shape index (κ3) is 4.51. The van der Waals surface area contributed by atoms with Crippen LogP contribution in [0.3, 0.4) is 0 Å². The molecule has 1 atom stereocenters. The summed E-state index contributed by atoms with van der Waals surface area (Å²) >= 11 is 1.64. The zero-order chi connectivity index (χ0) is 20.2. The minimum absolute atomic E-state index is 0.0844. The van der Waals surface area contributed by atoms with Crippen molar-refractivity contribution in [2.45, 2.75) is 5.37 Å². The van der Waals surface area contributed by atoms with E-state index in [1.807, 2.05) is 23.1 Å². The lowest BCUT2D eigenvalue weighted by Gasteiger charge is -2.36. The number of anilines is 1. The predicted octanol–water partition coefficient (Wildman–Crippen LogP) is 3.23. The maximum atomic E-state index is 14.2. The van der Waals surface area contributed by atoms with Crippen LogP contribution in [0.25, 0.3) is 0 Å². The molecule has 0 radical (unpaired) electrons. The van der Waals surface area contributed by atoms with Gasteiger partial charge in [0.25, 0.3) is 0 Å². The van der Waals surface area contributed by atoms with Crippen LogP contribution < -0.4 is 9.64 Å². The molecule has 2 fully saturated rings. The molecule has 2 saturated heterocycles. The van der Waals surface area contributed by atoms with Crippen molar-refractivity contribution in [1.82, 2.24) is 9.80 Å². The van der Waals surface area contributed by atoms with E-state index >= 15 is 0 Å². The molecule has 0 N–H and O–H groups in total. The van der Waals surface area contributed by atoms with E-state index in [4.69, 9.17) is 4.74 Å². The van der Waals surface area contributed by atoms with Crippen molar-refractivity contribution >= 4 is 23.4 Å². The molecule has 0 spiro atoms. The maximum Gasteiger partial charge on any atom is 0.237 e. The van der Waals surface area contributed by atoms with Crippen molar-refractivity contribution in [2.24, 2.45) is 0 Å². The largest absolute Gasteiger partial charge is 0.497 e. The molecule has 7 heteroatoms. The molecule has 2 aromatic rings. The number of piperazine rings is 1. The second kappa shape index (κ2) is 9.05. The van der Waals surface area contributed by atoms with Crippen molar-refractivity contribution in [3.8, 4) is 5.75 Å². The van der Waals surface area contributed by atoms with Gasteiger partial charge in [0.2, 0.25) is 5.91 Å². The van der Waals surface area contributed by atoms with E-state index in [1.54, 1.807) is 31.0 Å². The average molecular weight is 416 g/mol. The smallest absolute Gasteiger partial charge is 0.237 e. The Morgan fingerprint density at radius 1 is 1.07 bits per heavy atom. The van der Waals surface area contributed by atoms with Crippen LogP contribution in [0.2, 0.25) is 0 Å². The van der Waals surface area contributed by atoms with Gasteiger partial charge in [-0.25, -0.2) is 4.39 Å². The normalized spacial score (nSPS) is 20.1. The number of methoxy groups -OCH3 is 1. The highest BCUT2D eigenvalue weighted by molar-refractivity contribution is 7.99. The van der Waals surface area contributed by atoms with Gasteiger partial charge in [-0.2, -0.15) is 0 Å². The van der Waals surface area contributed by atoms with E-state index in [-0.39, 0.29) is 17.1 Å². The van der Waals surface area contributed by atoms with Crippen LogP contribution in [-0.4, -0.2) is 67.8 Å². The van der Waals surface area contributed by atoms with Crippen LogP contribution in [0.5, 0.6) is 5.75 Å². The number of amides is 1. The van der Waals surface area contributed by atoms with Crippen LogP contribution in [-0.2, 0) is 4.79 Å². The molecule has 2 aliphatic rings. The van der Waals surface area contributed by atoms with E-state index in [2.05, 4.69) is 21.9 Å². The number of thioether (sulfide) groups is 1. The lowest BCUT2D eigenvalue weighted by atomic mass is 10.2. The third-order valence-corrected chi connectivity index (χ3v) is 6.79. The van der Waals surface area contributed by atoms with Crippen LogP contribution in [0.4, 0.5) is 10.1 Å². The van der Waals surface area contributed by atoms with E-state index in [1.165, 1.54) is 11.8 Å². The fourth-order valence-corrected chi connectivity index (χ4v) is 5.20. The number of hydrogen-bond acceptors (Lipinski definition) is 5. The summed E-state index contributed by atoms with van der Waals surface area (Å²) in [6, 6.07) is 14.9. The van der Waals surface area contributed by atoms with Crippen LogP contribution in [0.1, 0.15) is 10.9 Å². The lowest BCUT2D eigenvalue weighted by Crippen LogP contribution is -2.50. The van der Waals surface area contributed by atoms with E-state index < -0.39 is 0 Å². The van der Waals surface area contributed by atoms with Gasteiger partial charge in [0.15, 0.2) is 0 Å². The van der Waals surface area contributed by atoms with Crippen molar-refractivity contribution in [2.75, 3.05) is 57.0 Å². The topological polar surface area (TPSA) is 36.0 Å². The standard InChI is InChI=1S/C22H26FN3O2S/c1-28-18-8-6-17(7-9-18)25-12-10-24(11-13-25)16-21(27)26-14-15-29-22(26)19-4-2-3-5-20(19)23/h2-9,22H,10-16H2,1H3/t22-/m1/s1. The highest BCUT2D eigenvalue weighted by atomic mass is 32.2. The Bertz CT molecular complexity index is 840. The van der Waals surface area contributed by atoms with Gasteiger partial charge in [-0.1, -0.05) is 18.2 Å². The number of ether oxygens (including phenoxy) is 1. The number of nitrogens with zero attached hydrogens (tertiary/aromatic N) is 3. The fourth-order valence-electron chi connectivity index (χ4n) is 3.90. The van der Waals surface area contributed by atoms with Gasteiger partial charge in [-0.05, 0) is 30.3 Å². The molecule has 1 amide bonds. The Labute approximate surface area is 175 Å². The molecule has 0 unspecified atom stereocenters. The highest BCUT2D eigenvalue weighted by Crippen LogP contribution is 2.39. The summed E-state index contributed by atoms with van der Waals surface area (Å²) in [5.41, 5.74) is 1.78. The molecule has 2 aromatic carbocycles. The second-order valence-corrected chi connectivity index (χ2v) is 8.48. The van der Waals surface area contributed by atoms with E-state index in [0.29, 0.717) is 18.7 Å². The van der Waals surface area contributed by atoms with Gasteiger partial charge in [0.1, 0.15) is 16.9 Å². The SMILES string of the molecule is COc1ccc(N2CCN(CC(=O)N3CCS[C@@H]3c3ccccc3F)CC2)cc1. The molecule has 29 heavy (non-hydrogen) atoms. The van der Waals surface area contributed by atoms with Crippen molar-refractivity contribution in [1.29, 1.82) is 0 Å². The van der Waals surface area contributed by atoms with Crippen LogP contribution in [0.15, 0.2) is 48.5 Å². The summed E-state index contributed by atoms with van der Waals surface area (Å²) in [7, 11) is 1.67. The minimum atomic E-state index is -0.238. The molecule has 4 rings (SSSR count). The number of hydrogen-bond donors (Lipinski definition) is 0. The van der Waals surface area contributed by atoms with E-state index in [0.717, 1.165) is 37.7 Å². The summed E-state index contributed by atoms with van der Waals surface area (Å²) in [6.45, 7) is 4.50. The fraction of sp³-hybridized carbons (Fsp3) is 0.409. The first-order chi connectivity index (χ1) is 14.2. The van der Waals surface area contributed by atoms with Gasteiger partial charge in [-0.3, -0.25) is 9.69 Å². The Morgan fingerprint density at radius 2 is 1.79 bits per heavy atom. The monoisotopic (exact) mass is 415 g/mol. The van der Waals surface area contributed by atoms with Gasteiger partial charge >= 0.3 is 0 Å². The Balaban J connectivity index is 1.33. The number of benzene rings is 2. The molecule has 154 valence electrons. The number of halogens is 1. The summed E-state index contributed by atoms with van der Waals surface area (Å²) in [5.74, 6) is 1.54. The highest BCUT2D eigenvalue weighted by Gasteiger charge is 2.33. The van der Waals surface area contributed by atoms with Crippen LogP contribution >= 0.6 is 11.8 Å². The first kappa shape index (κ1) is 20.0. The summed E-state index contributed by atoms with van der Waals surface area (Å²) in [5, 5.41) is -0.218. The molecule has 0 aromatic heterocycles. The molecule has 0 bridgehead atoms. The summed E-state index contributed by atoms with van der Waals surface area (Å²) in [6.07, 6.45) is 0. The van der Waals surface area contributed by atoms with Crippen molar-refractivity contribution in [3.05, 3.63) is 59.9 Å². The van der Waals surface area contributed by atoms with Crippen molar-refractivity contribution < 1.29 is 13.9 Å². The Hall–Kier alpha value is -2.25. The molecule has 2 heterocycles. The molecule has 5 nitrogen and oxygen atoms in total. The average Bonchev–Trinajstić information content (AvgIpc) is 3.24. The minimum Gasteiger partial charge on any atom is -0.497 e. The number of carbonyl (C=O) groups excluding carboxylic acids is 1. The van der Waals surface area contributed by atoms with Crippen LogP contribution in [0, 0.1) is 5.82 Å². The molecular formula is C22H26FN3O2S. The third-order valence-electron chi connectivity index (χ3n) is 5.55. The molecule has 2 aliphatic heterocycles. The molecular weight excluding hydrogens is 389 g/mol. The predicted molar refractivity (Wildman–Crippen MR) is 115 cm³/mol. The zero-order valence-electron chi connectivity index (χ0n) is 16.6. The molecule has 0 aliphatic carbocycles. The van der Waals surface area contributed by atoms with Gasteiger partial charge in [0.05, 0.1) is 13.7 Å². The Kier molecular flexibility index (Phi) is 6.25. The number of rotatable bonds is 5. The Morgan fingerprint density at radius 3 is 2.48 bits per heavy atom. The quantitative estimate of drug-likeness (QED) is 0.749. The first-order valence-electron chi connectivity index (χ1n) is 9.92. The van der Waals surface area contributed by atoms with E-state index in [9.17, 15) is 9.18 Å². The zero-order valence-corrected chi connectivity index (χ0v) is 17.4. The molecule has 0 saturated carbocycles. The maximum absolute atomic E-state index is 14.2. The number of carbonyl (C=O) groups is 1. The van der Waals surface area contributed by atoms with Gasteiger partial charge in [0, 0.05) is 49.7 Å².